The van der Waals surface area contributed by atoms with Crippen LogP contribution in [-0.2, 0) is 16.8 Å². The normalized spacial score (nSPS) is 14.8. The highest BCUT2D eigenvalue weighted by Gasteiger charge is 2.45. The molecule has 2 aromatic rings. The van der Waals surface area contributed by atoms with Crippen molar-refractivity contribution in [2.24, 2.45) is 0 Å². The molecule has 0 atom stereocenters. The van der Waals surface area contributed by atoms with Crippen LogP contribution in [0.3, 0.4) is 0 Å². The number of ether oxygens (including phenoxy) is 2. The van der Waals surface area contributed by atoms with Crippen molar-refractivity contribution in [1.29, 1.82) is 0 Å². The first-order chi connectivity index (χ1) is 11.6. The molecule has 0 bridgehead atoms. The highest BCUT2D eigenvalue weighted by atomic mass is 79.9. The molecule has 1 amide bonds. The van der Waals surface area contributed by atoms with Crippen molar-refractivity contribution >= 4 is 21.8 Å². The number of methoxy groups -OCH3 is 2. The molecule has 5 heteroatoms. The van der Waals surface area contributed by atoms with Crippen molar-refractivity contribution in [3.05, 3.63) is 58.1 Å². The van der Waals surface area contributed by atoms with Gasteiger partial charge in [0.15, 0.2) is 11.5 Å². The number of hydrogen-bond donors (Lipinski definition) is 1. The van der Waals surface area contributed by atoms with Crippen molar-refractivity contribution in [3.63, 3.8) is 0 Å². The zero-order chi connectivity index (χ0) is 17.2. The van der Waals surface area contributed by atoms with E-state index in [-0.39, 0.29) is 11.4 Å². The molecule has 0 heterocycles. The van der Waals surface area contributed by atoms with E-state index < -0.39 is 0 Å². The molecule has 0 unspecified atom stereocenters. The lowest BCUT2D eigenvalue weighted by molar-refractivity contribution is -0.121. The Morgan fingerprint density at radius 3 is 2.50 bits per heavy atom. The zero-order valence-electron chi connectivity index (χ0n) is 13.8. The third-order valence-corrected chi connectivity index (χ3v) is 4.81. The monoisotopic (exact) mass is 389 g/mol. The van der Waals surface area contributed by atoms with Crippen LogP contribution in [0.2, 0.25) is 0 Å². The molecule has 1 aliphatic carbocycles. The van der Waals surface area contributed by atoms with E-state index in [2.05, 4.69) is 21.2 Å². The predicted octanol–water partition coefficient (Wildman–Crippen LogP) is 3.81. The summed E-state index contributed by atoms with van der Waals surface area (Å²) in [7, 11) is 3.23. The quantitative estimate of drug-likeness (QED) is 0.816. The summed E-state index contributed by atoms with van der Waals surface area (Å²) < 4.78 is 11.6. The van der Waals surface area contributed by atoms with E-state index in [1.165, 1.54) is 0 Å². The summed E-state index contributed by atoms with van der Waals surface area (Å²) in [5, 5.41) is 3.19. The second kappa shape index (κ2) is 6.85. The van der Waals surface area contributed by atoms with Crippen molar-refractivity contribution in [3.8, 4) is 11.5 Å². The molecule has 3 rings (SSSR count). The van der Waals surface area contributed by atoms with Gasteiger partial charge in [-0.1, -0.05) is 34.1 Å². The van der Waals surface area contributed by atoms with E-state index in [1.807, 2.05) is 42.5 Å². The van der Waals surface area contributed by atoms with Crippen molar-refractivity contribution < 1.29 is 14.3 Å². The number of nitrogens with one attached hydrogen (secondary N) is 1. The third-order valence-electron chi connectivity index (χ3n) is 4.32. The molecule has 1 saturated carbocycles. The smallest absolute Gasteiger partial charge is 0.225 e. The van der Waals surface area contributed by atoms with Crippen molar-refractivity contribution in [2.75, 3.05) is 14.2 Å². The van der Waals surface area contributed by atoms with Gasteiger partial charge in [0.1, 0.15) is 0 Å². The van der Waals surface area contributed by atoms with Crippen LogP contribution >= 0.6 is 15.9 Å². The molecule has 1 N–H and O–H groups in total. The first-order valence-corrected chi connectivity index (χ1v) is 8.63. The van der Waals surface area contributed by atoms with Crippen LogP contribution in [0.1, 0.15) is 24.0 Å². The molecule has 4 nitrogen and oxygen atoms in total. The van der Waals surface area contributed by atoms with E-state index >= 15 is 0 Å². The third kappa shape index (κ3) is 3.56. The number of amides is 1. The molecule has 1 fully saturated rings. The van der Waals surface area contributed by atoms with Gasteiger partial charge >= 0.3 is 0 Å². The van der Waals surface area contributed by atoms with E-state index in [0.717, 1.165) is 28.4 Å². The van der Waals surface area contributed by atoms with Crippen molar-refractivity contribution in [1.82, 2.24) is 5.32 Å². The SMILES string of the molecule is COc1ccc(C2(NC(=O)Cc3cccc(Br)c3)CC2)cc1OC. The Morgan fingerprint density at radius 2 is 1.88 bits per heavy atom. The topological polar surface area (TPSA) is 47.6 Å². The molecular weight excluding hydrogens is 370 g/mol. The molecule has 0 radical (unpaired) electrons. The summed E-state index contributed by atoms with van der Waals surface area (Å²) in [5.74, 6) is 1.40. The predicted molar refractivity (Wildman–Crippen MR) is 96.4 cm³/mol. The number of carbonyl (C=O) groups is 1. The Kier molecular flexibility index (Phi) is 4.81. The Morgan fingerprint density at radius 1 is 1.12 bits per heavy atom. The van der Waals surface area contributed by atoms with E-state index in [1.54, 1.807) is 14.2 Å². The van der Waals surface area contributed by atoms with Gasteiger partial charge in [-0.2, -0.15) is 0 Å². The average molecular weight is 390 g/mol. The van der Waals surface area contributed by atoms with Crippen LogP contribution in [0.4, 0.5) is 0 Å². The average Bonchev–Trinajstić information content (AvgIpc) is 3.34. The molecule has 0 aromatic heterocycles. The first kappa shape index (κ1) is 16.8. The highest BCUT2D eigenvalue weighted by Crippen LogP contribution is 2.47. The van der Waals surface area contributed by atoms with E-state index in [9.17, 15) is 4.79 Å². The van der Waals surface area contributed by atoms with Gasteiger partial charge in [0.25, 0.3) is 0 Å². The van der Waals surface area contributed by atoms with Gasteiger partial charge in [-0.25, -0.2) is 0 Å². The summed E-state index contributed by atoms with van der Waals surface area (Å²) in [6, 6.07) is 13.6. The minimum absolute atomic E-state index is 0.0281. The zero-order valence-corrected chi connectivity index (χ0v) is 15.4. The molecular formula is C19H20BrNO3. The Balaban J connectivity index is 1.73. The molecule has 0 spiro atoms. The molecule has 0 aliphatic heterocycles. The van der Waals surface area contributed by atoms with Crippen molar-refractivity contribution in [2.45, 2.75) is 24.8 Å². The minimum atomic E-state index is -0.275. The summed E-state index contributed by atoms with van der Waals surface area (Å²) in [4.78, 5) is 12.4. The lowest BCUT2D eigenvalue weighted by atomic mass is 10.0. The Hall–Kier alpha value is -2.01. The van der Waals surface area contributed by atoms with Gasteiger partial charge in [0.2, 0.25) is 5.91 Å². The summed E-state index contributed by atoms with van der Waals surface area (Å²) in [6.45, 7) is 0. The van der Waals surface area contributed by atoms with Crippen LogP contribution in [0.5, 0.6) is 11.5 Å². The fraction of sp³-hybridized carbons (Fsp3) is 0.316. The van der Waals surface area contributed by atoms with E-state index in [0.29, 0.717) is 17.9 Å². The highest BCUT2D eigenvalue weighted by molar-refractivity contribution is 9.10. The van der Waals surface area contributed by atoms with Gasteiger partial charge in [0.05, 0.1) is 26.2 Å². The largest absolute Gasteiger partial charge is 0.493 e. The molecule has 126 valence electrons. The maximum atomic E-state index is 12.4. The van der Waals surface area contributed by atoms with Gasteiger partial charge in [-0.05, 0) is 48.2 Å². The fourth-order valence-corrected chi connectivity index (χ4v) is 3.33. The maximum Gasteiger partial charge on any atom is 0.225 e. The van der Waals surface area contributed by atoms with Gasteiger partial charge < -0.3 is 14.8 Å². The van der Waals surface area contributed by atoms with Crippen LogP contribution < -0.4 is 14.8 Å². The summed E-state index contributed by atoms with van der Waals surface area (Å²) >= 11 is 3.43. The molecule has 0 saturated heterocycles. The second-order valence-corrected chi connectivity index (χ2v) is 6.92. The lowest BCUT2D eigenvalue weighted by Gasteiger charge is -2.20. The number of rotatable bonds is 6. The summed E-state index contributed by atoms with van der Waals surface area (Å²) in [6.07, 6.45) is 2.24. The van der Waals surface area contributed by atoms with Gasteiger partial charge in [-0.3, -0.25) is 4.79 Å². The van der Waals surface area contributed by atoms with Crippen LogP contribution in [0.15, 0.2) is 46.9 Å². The Labute approximate surface area is 150 Å². The standard InChI is InChI=1S/C19H20BrNO3/c1-23-16-7-6-14(12-17(16)24-2)19(8-9-19)21-18(22)11-13-4-3-5-15(20)10-13/h3-7,10,12H,8-9,11H2,1-2H3,(H,21,22). The minimum Gasteiger partial charge on any atom is -0.493 e. The Bertz CT molecular complexity index is 756. The number of carbonyl (C=O) groups excluding carboxylic acids is 1. The number of halogens is 1. The molecule has 2 aromatic carbocycles. The van der Waals surface area contributed by atoms with Crippen LogP contribution in [0.25, 0.3) is 0 Å². The number of hydrogen-bond acceptors (Lipinski definition) is 3. The van der Waals surface area contributed by atoms with Gasteiger partial charge in [0, 0.05) is 4.47 Å². The first-order valence-electron chi connectivity index (χ1n) is 7.84. The van der Waals surface area contributed by atoms with Crippen LogP contribution in [-0.4, -0.2) is 20.1 Å². The second-order valence-electron chi connectivity index (χ2n) is 6.01. The van der Waals surface area contributed by atoms with E-state index in [4.69, 9.17) is 9.47 Å². The molecule has 24 heavy (non-hydrogen) atoms. The lowest BCUT2D eigenvalue weighted by Crippen LogP contribution is -2.35. The fourth-order valence-electron chi connectivity index (χ4n) is 2.89. The number of benzene rings is 2. The summed E-state index contributed by atoms with van der Waals surface area (Å²) in [5.41, 5.74) is 1.77. The maximum absolute atomic E-state index is 12.4. The van der Waals surface area contributed by atoms with Crippen LogP contribution in [0, 0.1) is 0 Å². The van der Waals surface area contributed by atoms with Gasteiger partial charge in [-0.15, -0.1) is 0 Å². The molecule has 1 aliphatic rings.